The number of nitrogens with two attached hydrogens (primary N) is 1. The molecular formula is C18H32N2O3. The average Bonchev–Trinajstić information content (AvgIpc) is 2.92. The predicted molar refractivity (Wildman–Crippen MR) is 89.6 cm³/mol. The smallest absolute Gasteiger partial charge is 0.329 e. The number of nitrogens with zero attached hydrogens (tertiary/aromatic N) is 1. The van der Waals surface area contributed by atoms with Crippen LogP contribution < -0.4 is 5.73 Å². The van der Waals surface area contributed by atoms with Crippen molar-refractivity contribution in [1.29, 1.82) is 0 Å². The van der Waals surface area contributed by atoms with Gasteiger partial charge in [-0.2, -0.15) is 0 Å². The fraction of sp³-hybridized carbons (Fsp3) is 0.889. The van der Waals surface area contributed by atoms with E-state index in [4.69, 9.17) is 10.5 Å². The van der Waals surface area contributed by atoms with Crippen LogP contribution in [-0.4, -0.2) is 41.0 Å². The maximum absolute atomic E-state index is 12.9. The Bertz CT molecular complexity index is 476. The number of hydrogen-bond acceptors (Lipinski definition) is 4. The highest BCUT2D eigenvalue weighted by Gasteiger charge is 2.52. The summed E-state index contributed by atoms with van der Waals surface area (Å²) in [7, 11) is 0. The molecule has 0 unspecified atom stereocenters. The van der Waals surface area contributed by atoms with Gasteiger partial charge in [0.25, 0.3) is 0 Å². The summed E-state index contributed by atoms with van der Waals surface area (Å²) in [6.45, 7) is 12.1. The Hall–Kier alpha value is -1.10. The molecule has 0 radical (unpaired) electrons. The average molecular weight is 324 g/mol. The number of amides is 1. The lowest BCUT2D eigenvalue weighted by molar-refractivity contribution is -0.165. The molecular weight excluding hydrogens is 292 g/mol. The molecule has 0 aromatic carbocycles. The van der Waals surface area contributed by atoms with Crippen molar-refractivity contribution in [2.24, 2.45) is 23.0 Å². The van der Waals surface area contributed by atoms with Crippen LogP contribution in [0.15, 0.2) is 0 Å². The first-order chi connectivity index (χ1) is 10.4. The van der Waals surface area contributed by atoms with Gasteiger partial charge in [0.05, 0.1) is 6.04 Å². The van der Waals surface area contributed by atoms with Crippen LogP contribution in [0.4, 0.5) is 0 Å². The number of fused-ring (bicyclic) bond motifs is 1. The van der Waals surface area contributed by atoms with E-state index < -0.39 is 17.7 Å². The van der Waals surface area contributed by atoms with Crippen LogP contribution in [0.2, 0.25) is 0 Å². The molecule has 2 aliphatic rings. The molecule has 1 aliphatic carbocycles. The minimum absolute atomic E-state index is 0.122. The minimum atomic E-state index is -0.605. The zero-order valence-electron chi connectivity index (χ0n) is 15.4. The van der Waals surface area contributed by atoms with Gasteiger partial charge in [-0.3, -0.25) is 4.79 Å². The number of hydrogen-bond donors (Lipinski definition) is 1. The second kappa shape index (κ2) is 6.08. The molecule has 1 saturated carbocycles. The number of likely N-dealkylation sites (tertiary alicyclic amines) is 1. The van der Waals surface area contributed by atoms with Gasteiger partial charge >= 0.3 is 5.97 Å². The Labute approximate surface area is 139 Å². The Morgan fingerprint density at radius 1 is 1.13 bits per heavy atom. The number of rotatable bonds is 2. The second-order valence-corrected chi connectivity index (χ2v) is 9.17. The van der Waals surface area contributed by atoms with E-state index in [0.29, 0.717) is 12.5 Å². The van der Waals surface area contributed by atoms with E-state index in [1.807, 2.05) is 41.5 Å². The van der Waals surface area contributed by atoms with Gasteiger partial charge < -0.3 is 15.4 Å². The topological polar surface area (TPSA) is 72.6 Å². The van der Waals surface area contributed by atoms with Crippen molar-refractivity contribution in [3.05, 3.63) is 0 Å². The summed E-state index contributed by atoms with van der Waals surface area (Å²) in [5, 5.41) is 0. The second-order valence-electron chi connectivity index (χ2n) is 9.17. The molecule has 1 saturated heterocycles. The molecule has 23 heavy (non-hydrogen) atoms. The molecule has 1 aliphatic heterocycles. The van der Waals surface area contributed by atoms with Crippen molar-refractivity contribution in [3.8, 4) is 0 Å². The third-order valence-electron chi connectivity index (χ3n) is 5.02. The first-order valence-electron chi connectivity index (χ1n) is 8.71. The van der Waals surface area contributed by atoms with Crippen LogP contribution in [0.25, 0.3) is 0 Å². The molecule has 5 heteroatoms. The van der Waals surface area contributed by atoms with Crippen molar-refractivity contribution in [2.75, 3.05) is 6.54 Å². The minimum Gasteiger partial charge on any atom is -0.458 e. The van der Waals surface area contributed by atoms with Gasteiger partial charge in [-0.15, -0.1) is 0 Å². The zero-order valence-corrected chi connectivity index (χ0v) is 15.4. The van der Waals surface area contributed by atoms with Crippen molar-refractivity contribution < 1.29 is 14.3 Å². The molecule has 132 valence electrons. The van der Waals surface area contributed by atoms with E-state index in [1.54, 1.807) is 4.90 Å². The predicted octanol–water partition coefficient (Wildman–Crippen LogP) is 2.33. The summed E-state index contributed by atoms with van der Waals surface area (Å²) in [5.41, 5.74) is 5.30. The summed E-state index contributed by atoms with van der Waals surface area (Å²) < 4.78 is 5.60. The number of ether oxygens (including phenoxy) is 1. The van der Waals surface area contributed by atoms with E-state index >= 15 is 0 Å². The molecule has 2 fully saturated rings. The van der Waals surface area contributed by atoms with Crippen molar-refractivity contribution in [2.45, 2.75) is 78.5 Å². The van der Waals surface area contributed by atoms with Crippen LogP contribution in [0.5, 0.6) is 0 Å². The van der Waals surface area contributed by atoms with Crippen molar-refractivity contribution in [1.82, 2.24) is 4.90 Å². The van der Waals surface area contributed by atoms with Gasteiger partial charge in [-0.25, -0.2) is 4.79 Å². The van der Waals surface area contributed by atoms with E-state index in [9.17, 15) is 9.59 Å². The summed E-state index contributed by atoms with van der Waals surface area (Å²) in [4.78, 5) is 27.3. The van der Waals surface area contributed by atoms with Crippen LogP contribution in [0.3, 0.4) is 0 Å². The molecule has 2 N–H and O–H groups in total. The van der Waals surface area contributed by atoms with Gasteiger partial charge in [-0.1, -0.05) is 27.2 Å². The lowest BCUT2D eigenvalue weighted by atomic mass is 9.86. The largest absolute Gasteiger partial charge is 0.458 e. The Kier molecular flexibility index (Phi) is 4.82. The van der Waals surface area contributed by atoms with Crippen LogP contribution in [-0.2, 0) is 14.3 Å². The van der Waals surface area contributed by atoms with Gasteiger partial charge in [0, 0.05) is 6.54 Å². The van der Waals surface area contributed by atoms with Crippen LogP contribution in [0, 0.1) is 17.3 Å². The molecule has 2 rings (SSSR count). The Morgan fingerprint density at radius 2 is 1.74 bits per heavy atom. The van der Waals surface area contributed by atoms with Gasteiger partial charge in [-0.05, 0) is 50.9 Å². The highest BCUT2D eigenvalue weighted by molar-refractivity contribution is 5.89. The van der Waals surface area contributed by atoms with E-state index in [-0.39, 0.29) is 23.2 Å². The lowest BCUT2D eigenvalue weighted by Crippen LogP contribution is -2.55. The van der Waals surface area contributed by atoms with E-state index in [2.05, 4.69) is 0 Å². The molecule has 4 atom stereocenters. The first kappa shape index (κ1) is 18.2. The fourth-order valence-electron chi connectivity index (χ4n) is 3.75. The summed E-state index contributed by atoms with van der Waals surface area (Å²) >= 11 is 0. The van der Waals surface area contributed by atoms with E-state index in [0.717, 1.165) is 19.3 Å². The monoisotopic (exact) mass is 324 g/mol. The number of esters is 1. The zero-order chi connectivity index (χ0) is 17.6. The quantitative estimate of drug-likeness (QED) is 0.791. The third-order valence-corrected chi connectivity index (χ3v) is 5.02. The highest BCUT2D eigenvalue weighted by Crippen LogP contribution is 2.43. The summed E-state index contributed by atoms with van der Waals surface area (Å²) in [5.74, 6) is 0.230. The molecule has 1 heterocycles. The van der Waals surface area contributed by atoms with Crippen molar-refractivity contribution in [3.63, 3.8) is 0 Å². The molecule has 0 aromatic rings. The molecule has 0 bridgehead atoms. The Balaban J connectivity index is 2.23. The summed E-state index contributed by atoms with van der Waals surface area (Å²) in [6.07, 6.45) is 3.20. The van der Waals surface area contributed by atoms with Gasteiger partial charge in [0.2, 0.25) is 5.91 Å². The standard InChI is InChI=1S/C18H32N2O3/c1-17(2,3)14(19)15(21)20-10-11-8-7-9-12(11)13(20)16(22)23-18(4,5)6/h11-14H,7-10,19H2,1-6H3/t11-,12-,13-,14+/m0/s1. The fourth-order valence-corrected chi connectivity index (χ4v) is 3.75. The van der Waals surface area contributed by atoms with Gasteiger partial charge in [0.1, 0.15) is 11.6 Å². The number of carbonyl (C=O) groups excluding carboxylic acids is 2. The highest BCUT2D eigenvalue weighted by atomic mass is 16.6. The molecule has 1 amide bonds. The van der Waals surface area contributed by atoms with Crippen molar-refractivity contribution >= 4 is 11.9 Å². The molecule has 5 nitrogen and oxygen atoms in total. The molecule has 0 aromatic heterocycles. The maximum atomic E-state index is 12.9. The van der Waals surface area contributed by atoms with E-state index in [1.165, 1.54) is 0 Å². The maximum Gasteiger partial charge on any atom is 0.329 e. The lowest BCUT2D eigenvalue weighted by Gasteiger charge is -2.34. The van der Waals surface area contributed by atoms with Crippen LogP contribution >= 0.6 is 0 Å². The summed E-state index contributed by atoms with van der Waals surface area (Å²) in [6, 6.07) is -1.08. The first-order valence-corrected chi connectivity index (χ1v) is 8.71. The molecule has 0 spiro atoms. The van der Waals surface area contributed by atoms with Crippen LogP contribution in [0.1, 0.15) is 60.8 Å². The third kappa shape index (κ3) is 3.87. The Morgan fingerprint density at radius 3 is 2.26 bits per heavy atom. The number of carbonyl (C=O) groups is 2. The normalized spacial score (nSPS) is 29.3. The van der Waals surface area contributed by atoms with Gasteiger partial charge in [0.15, 0.2) is 0 Å². The SMILES string of the molecule is CC(C)(C)OC(=O)[C@@H]1[C@H]2CCC[C@H]2CN1C(=O)[C@@H](N)C(C)(C)C.